The van der Waals surface area contributed by atoms with Gasteiger partial charge in [0.25, 0.3) is 0 Å². The molecule has 4 aromatic rings. The highest BCUT2D eigenvalue weighted by Gasteiger charge is 2.32. The van der Waals surface area contributed by atoms with Crippen LogP contribution in [0.2, 0.25) is 0 Å². The smallest absolute Gasteiger partial charge is 0.318 e. The van der Waals surface area contributed by atoms with Crippen molar-refractivity contribution in [2.75, 3.05) is 0 Å². The predicted molar refractivity (Wildman–Crippen MR) is 111 cm³/mol. The second-order valence-electron chi connectivity index (χ2n) is 7.11. The Hall–Kier alpha value is -3.73. The van der Waals surface area contributed by atoms with E-state index in [0.717, 1.165) is 28.3 Å². The topological polar surface area (TPSA) is 50.4 Å². The van der Waals surface area contributed by atoms with Gasteiger partial charge < -0.3 is 19.2 Å². The van der Waals surface area contributed by atoms with Crippen molar-refractivity contribution in [3.8, 4) is 5.69 Å². The fourth-order valence-electron chi connectivity index (χ4n) is 4.00. The van der Waals surface area contributed by atoms with Crippen LogP contribution in [0, 0.1) is 0 Å². The Morgan fingerprint density at radius 3 is 2.62 bits per heavy atom. The van der Waals surface area contributed by atoms with Crippen LogP contribution in [0.25, 0.3) is 5.69 Å². The molecule has 5 heteroatoms. The van der Waals surface area contributed by atoms with Gasteiger partial charge in [0.15, 0.2) is 0 Å². The number of fused-ring (bicyclic) bond motifs is 3. The summed E-state index contributed by atoms with van der Waals surface area (Å²) in [6.45, 7) is 0.869. The summed E-state index contributed by atoms with van der Waals surface area (Å²) in [6.07, 6.45) is 3.68. The summed E-state index contributed by atoms with van der Waals surface area (Å²) in [4.78, 5) is 15.2. The molecular formula is C24H21N3O2. The fourth-order valence-corrected chi connectivity index (χ4v) is 4.00. The molecule has 1 atom stereocenters. The molecule has 2 amide bonds. The third kappa shape index (κ3) is 3.21. The number of hydrogen-bond acceptors (Lipinski definition) is 2. The molecule has 5 rings (SSSR count). The summed E-state index contributed by atoms with van der Waals surface area (Å²) >= 11 is 0. The Labute approximate surface area is 169 Å². The van der Waals surface area contributed by atoms with Crippen molar-refractivity contribution in [1.29, 1.82) is 0 Å². The summed E-state index contributed by atoms with van der Waals surface area (Å²) in [6, 6.07) is 25.9. The minimum absolute atomic E-state index is 0.125. The second-order valence-corrected chi connectivity index (χ2v) is 7.11. The standard InChI is InChI=1S/C24H21N3O2/c28-24(25-16-20-11-7-15-29-20)27-17-19-10-4-5-12-21(19)26-14-6-13-22(26)23(27)18-8-2-1-3-9-18/h1-15,23H,16-17H2,(H,25,28)/t23-/m0/s1. The van der Waals surface area contributed by atoms with E-state index in [1.807, 2.05) is 53.4 Å². The number of carbonyl (C=O) groups excluding carboxylic acids is 1. The van der Waals surface area contributed by atoms with E-state index in [-0.39, 0.29) is 12.1 Å². The van der Waals surface area contributed by atoms with Gasteiger partial charge in [-0.15, -0.1) is 0 Å². The van der Waals surface area contributed by atoms with Crippen molar-refractivity contribution in [2.45, 2.75) is 19.1 Å². The van der Waals surface area contributed by atoms with E-state index >= 15 is 0 Å². The van der Waals surface area contributed by atoms with E-state index in [0.29, 0.717) is 13.1 Å². The second kappa shape index (κ2) is 7.36. The summed E-state index contributed by atoms with van der Waals surface area (Å²) in [5.41, 5.74) is 4.36. The lowest BCUT2D eigenvalue weighted by molar-refractivity contribution is 0.179. The maximum absolute atomic E-state index is 13.3. The van der Waals surface area contributed by atoms with E-state index in [1.165, 1.54) is 0 Å². The van der Waals surface area contributed by atoms with Gasteiger partial charge >= 0.3 is 6.03 Å². The van der Waals surface area contributed by atoms with Crippen LogP contribution in [0.4, 0.5) is 4.79 Å². The molecule has 1 aliphatic heterocycles. The van der Waals surface area contributed by atoms with E-state index in [2.05, 4.69) is 46.4 Å². The minimum atomic E-state index is -0.199. The van der Waals surface area contributed by atoms with Crippen LogP contribution < -0.4 is 5.32 Å². The number of benzene rings is 2. The van der Waals surface area contributed by atoms with Crippen molar-refractivity contribution in [3.63, 3.8) is 0 Å². The Morgan fingerprint density at radius 1 is 0.966 bits per heavy atom. The maximum Gasteiger partial charge on any atom is 0.318 e. The molecule has 144 valence electrons. The predicted octanol–water partition coefficient (Wildman–Crippen LogP) is 4.89. The molecular weight excluding hydrogens is 362 g/mol. The number of nitrogens with zero attached hydrogens (tertiary/aromatic N) is 2. The zero-order valence-electron chi connectivity index (χ0n) is 15.9. The van der Waals surface area contributed by atoms with Gasteiger partial charge in [0.1, 0.15) is 5.76 Å². The first-order valence-corrected chi connectivity index (χ1v) is 9.68. The third-order valence-electron chi connectivity index (χ3n) is 5.33. The molecule has 1 N–H and O–H groups in total. The monoisotopic (exact) mass is 383 g/mol. The molecule has 0 bridgehead atoms. The lowest BCUT2D eigenvalue weighted by atomic mass is 10.0. The van der Waals surface area contributed by atoms with Gasteiger partial charge in [0, 0.05) is 11.9 Å². The van der Waals surface area contributed by atoms with Crippen LogP contribution in [0.3, 0.4) is 0 Å². The number of rotatable bonds is 3. The first-order chi connectivity index (χ1) is 14.3. The van der Waals surface area contributed by atoms with Gasteiger partial charge in [-0.25, -0.2) is 4.79 Å². The van der Waals surface area contributed by atoms with Crippen LogP contribution in [0.15, 0.2) is 95.7 Å². The van der Waals surface area contributed by atoms with E-state index in [1.54, 1.807) is 6.26 Å². The Kier molecular flexibility index (Phi) is 4.41. The fraction of sp³-hybridized carbons (Fsp3) is 0.125. The number of aromatic nitrogens is 1. The number of urea groups is 1. The summed E-state index contributed by atoms with van der Waals surface area (Å²) in [5, 5.41) is 3.02. The molecule has 0 saturated heterocycles. The highest BCUT2D eigenvalue weighted by molar-refractivity contribution is 5.76. The molecule has 5 nitrogen and oxygen atoms in total. The first-order valence-electron chi connectivity index (χ1n) is 9.68. The Bertz CT molecular complexity index is 1120. The van der Waals surface area contributed by atoms with E-state index in [4.69, 9.17) is 4.42 Å². The van der Waals surface area contributed by atoms with Crippen molar-refractivity contribution in [3.05, 3.63) is 114 Å². The van der Waals surface area contributed by atoms with E-state index < -0.39 is 0 Å². The highest BCUT2D eigenvalue weighted by atomic mass is 16.3. The highest BCUT2D eigenvalue weighted by Crippen LogP contribution is 2.36. The normalized spacial score (nSPS) is 15.3. The summed E-state index contributed by atoms with van der Waals surface area (Å²) in [7, 11) is 0. The zero-order chi connectivity index (χ0) is 19.6. The molecule has 0 fully saturated rings. The minimum Gasteiger partial charge on any atom is -0.467 e. The first kappa shape index (κ1) is 17.4. The molecule has 0 spiro atoms. The average molecular weight is 383 g/mol. The van der Waals surface area contributed by atoms with E-state index in [9.17, 15) is 4.79 Å². The number of nitrogens with one attached hydrogen (secondary N) is 1. The van der Waals surface area contributed by atoms with Crippen LogP contribution in [0.5, 0.6) is 0 Å². The quantitative estimate of drug-likeness (QED) is 0.548. The number of furan rings is 1. The lowest BCUT2D eigenvalue weighted by Crippen LogP contribution is -2.41. The largest absolute Gasteiger partial charge is 0.467 e. The number of carbonyl (C=O) groups is 1. The molecule has 0 radical (unpaired) electrons. The van der Waals surface area contributed by atoms with Crippen LogP contribution in [-0.4, -0.2) is 15.5 Å². The Balaban J connectivity index is 1.58. The molecule has 3 heterocycles. The molecule has 2 aromatic carbocycles. The van der Waals surface area contributed by atoms with Crippen molar-refractivity contribution in [2.24, 2.45) is 0 Å². The lowest BCUT2D eigenvalue weighted by Gasteiger charge is -2.31. The van der Waals surface area contributed by atoms with Crippen molar-refractivity contribution < 1.29 is 9.21 Å². The average Bonchev–Trinajstić information content (AvgIpc) is 3.43. The zero-order valence-corrected chi connectivity index (χ0v) is 15.9. The van der Waals surface area contributed by atoms with Crippen molar-refractivity contribution in [1.82, 2.24) is 14.8 Å². The molecule has 0 aliphatic carbocycles. The van der Waals surface area contributed by atoms with Crippen LogP contribution in [0.1, 0.15) is 28.6 Å². The number of amides is 2. The van der Waals surface area contributed by atoms with Gasteiger partial charge in [-0.3, -0.25) is 0 Å². The SMILES string of the molecule is O=C(NCc1ccco1)N1Cc2ccccc2-n2cccc2[C@@H]1c1ccccc1. The molecule has 0 unspecified atom stereocenters. The summed E-state index contributed by atoms with van der Waals surface area (Å²) in [5.74, 6) is 0.730. The van der Waals surface area contributed by atoms with Gasteiger partial charge in [-0.2, -0.15) is 0 Å². The third-order valence-corrected chi connectivity index (χ3v) is 5.33. The molecule has 0 saturated carbocycles. The van der Waals surface area contributed by atoms with Gasteiger partial charge in [-0.05, 0) is 41.5 Å². The summed E-state index contributed by atoms with van der Waals surface area (Å²) < 4.78 is 7.56. The molecule has 1 aliphatic rings. The number of para-hydroxylation sites is 1. The van der Waals surface area contributed by atoms with Gasteiger partial charge in [0.2, 0.25) is 0 Å². The maximum atomic E-state index is 13.3. The van der Waals surface area contributed by atoms with Gasteiger partial charge in [0.05, 0.1) is 31.1 Å². The Morgan fingerprint density at radius 2 is 1.79 bits per heavy atom. The molecule has 29 heavy (non-hydrogen) atoms. The van der Waals surface area contributed by atoms with Gasteiger partial charge in [-0.1, -0.05) is 48.5 Å². The molecule has 2 aromatic heterocycles. The van der Waals surface area contributed by atoms with Crippen LogP contribution in [-0.2, 0) is 13.1 Å². The number of hydrogen-bond donors (Lipinski definition) is 1. The van der Waals surface area contributed by atoms with Crippen molar-refractivity contribution >= 4 is 6.03 Å². The van der Waals surface area contributed by atoms with Crippen LogP contribution >= 0.6 is 0 Å².